The number of nitriles is 1. The van der Waals surface area contributed by atoms with Crippen molar-refractivity contribution >= 4 is 33.4 Å². The Bertz CT molecular complexity index is 349. The Balaban J connectivity index is 2.55. The first-order valence-electron chi connectivity index (χ1n) is 4.67. The predicted octanol–water partition coefficient (Wildman–Crippen LogP) is 3.51. The van der Waals surface area contributed by atoms with Gasteiger partial charge in [-0.05, 0) is 36.6 Å². The highest BCUT2D eigenvalue weighted by Crippen LogP contribution is 2.17. The third-order valence-corrected chi connectivity index (χ3v) is 3.07. The first-order chi connectivity index (χ1) is 7.26. The molecule has 0 saturated heterocycles. The third-order valence-electron chi connectivity index (χ3n) is 1.93. The molecular formula is C11H13BrN2S. The van der Waals surface area contributed by atoms with Crippen molar-refractivity contribution in [2.24, 2.45) is 0 Å². The van der Waals surface area contributed by atoms with Crippen LogP contribution in [-0.4, -0.2) is 18.1 Å². The molecule has 0 amide bonds. The van der Waals surface area contributed by atoms with E-state index in [9.17, 15) is 0 Å². The van der Waals surface area contributed by atoms with Gasteiger partial charge >= 0.3 is 0 Å². The van der Waals surface area contributed by atoms with Crippen molar-refractivity contribution in [2.45, 2.75) is 12.5 Å². The standard InChI is InChI=1S/C11H13BrN2S/c1-15-6-5-11(8-13)14-10-4-2-3-9(12)7-10/h2-4,7,11,14H,5-6H2,1H3. The molecule has 0 aromatic heterocycles. The zero-order valence-electron chi connectivity index (χ0n) is 8.53. The van der Waals surface area contributed by atoms with E-state index in [1.54, 1.807) is 11.8 Å². The molecule has 4 heteroatoms. The second-order valence-corrected chi connectivity index (χ2v) is 5.02. The number of rotatable bonds is 5. The molecule has 0 aliphatic heterocycles. The Morgan fingerprint density at radius 2 is 2.40 bits per heavy atom. The van der Waals surface area contributed by atoms with Crippen molar-refractivity contribution in [2.75, 3.05) is 17.3 Å². The molecule has 0 saturated carbocycles. The Morgan fingerprint density at radius 1 is 1.60 bits per heavy atom. The number of nitrogens with one attached hydrogen (secondary N) is 1. The lowest BCUT2D eigenvalue weighted by molar-refractivity contribution is 0.855. The molecule has 1 atom stereocenters. The summed E-state index contributed by atoms with van der Waals surface area (Å²) in [7, 11) is 0. The van der Waals surface area contributed by atoms with E-state index in [2.05, 4.69) is 27.3 Å². The van der Waals surface area contributed by atoms with Crippen LogP contribution >= 0.6 is 27.7 Å². The van der Waals surface area contributed by atoms with Gasteiger partial charge in [0, 0.05) is 10.2 Å². The van der Waals surface area contributed by atoms with E-state index < -0.39 is 0 Å². The minimum absolute atomic E-state index is 0.105. The molecule has 80 valence electrons. The quantitative estimate of drug-likeness (QED) is 0.899. The number of hydrogen-bond acceptors (Lipinski definition) is 3. The highest BCUT2D eigenvalue weighted by atomic mass is 79.9. The Labute approximate surface area is 103 Å². The fourth-order valence-electron chi connectivity index (χ4n) is 1.18. The molecule has 0 bridgehead atoms. The van der Waals surface area contributed by atoms with E-state index in [0.29, 0.717) is 0 Å². The average Bonchev–Trinajstić information content (AvgIpc) is 2.24. The summed E-state index contributed by atoms with van der Waals surface area (Å²) in [4.78, 5) is 0. The fraction of sp³-hybridized carbons (Fsp3) is 0.364. The van der Waals surface area contributed by atoms with Gasteiger partial charge < -0.3 is 5.32 Å². The van der Waals surface area contributed by atoms with E-state index in [4.69, 9.17) is 5.26 Å². The van der Waals surface area contributed by atoms with Gasteiger partial charge in [-0.15, -0.1) is 0 Å². The summed E-state index contributed by atoms with van der Waals surface area (Å²) >= 11 is 5.16. The van der Waals surface area contributed by atoms with E-state index in [-0.39, 0.29) is 6.04 Å². The fourth-order valence-corrected chi connectivity index (χ4v) is 2.05. The van der Waals surface area contributed by atoms with Crippen LogP contribution in [0.25, 0.3) is 0 Å². The monoisotopic (exact) mass is 284 g/mol. The number of hydrogen-bond donors (Lipinski definition) is 1. The Hall–Kier alpha value is -0.660. The highest BCUT2D eigenvalue weighted by Gasteiger charge is 2.06. The highest BCUT2D eigenvalue weighted by molar-refractivity contribution is 9.10. The SMILES string of the molecule is CSCCC(C#N)Nc1cccc(Br)c1. The molecule has 1 aromatic rings. The molecular weight excluding hydrogens is 272 g/mol. The van der Waals surface area contributed by atoms with Crippen molar-refractivity contribution in [3.63, 3.8) is 0 Å². The largest absolute Gasteiger partial charge is 0.370 e. The maximum absolute atomic E-state index is 8.95. The first kappa shape index (κ1) is 12.4. The third kappa shape index (κ3) is 4.59. The van der Waals surface area contributed by atoms with Gasteiger partial charge in [0.05, 0.1) is 6.07 Å². The number of thioether (sulfide) groups is 1. The van der Waals surface area contributed by atoms with E-state index in [0.717, 1.165) is 22.3 Å². The van der Waals surface area contributed by atoms with E-state index in [1.165, 1.54) is 0 Å². The van der Waals surface area contributed by atoms with Crippen molar-refractivity contribution in [3.05, 3.63) is 28.7 Å². The Morgan fingerprint density at radius 3 is 3.00 bits per heavy atom. The second-order valence-electron chi connectivity index (χ2n) is 3.12. The van der Waals surface area contributed by atoms with Gasteiger partial charge in [-0.2, -0.15) is 17.0 Å². The molecule has 0 aliphatic rings. The van der Waals surface area contributed by atoms with Crippen molar-refractivity contribution in [1.29, 1.82) is 5.26 Å². The van der Waals surface area contributed by atoms with Crippen LogP contribution in [0.5, 0.6) is 0 Å². The normalized spacial score (nSPS) is 11.8. The smallest absolute Gasteiger partial charge is 0.115 e. The molecule has 1 rings (SSSR count). The maximum Gasteiger partial charge on any atom is 0.115 e. The molecule has 0 heterocycles. The first-order valence-corrected chi connectivity index (χ1v) is 6.85. The summed E-state index contributed by atoms with van der Waals surface area (Å²) in [5.41, 5.74) is 0.983. The van der Waals surface area contributed by atoms with Crippen LogP contribution in [0.15, 0.2) is 28.7 Å². The zero-order valence-corrected chi connectivity index (χ0v) is 10.9. The number of nitrogens with zero attached hydrogens (tertiary/aromatic N) is 1. The lowest BCUT2D eigenvalue weighted by atomic mass is 10.2. The number of anilines is 1. The van der Waals surface area contributed by atoms with Crippen molar-refractivity contribution in [1.82, 2.24) is 0 Å². The summed E-state index contributed by atoms with van der Waals surface area (Å²) in [6.45, 7) is 0. The maximum atomic E-state index is 8.95. The van der Waals surface area contributed by atoms with Crippen LogP contribution in [0, 0.1) is 11.3 Å². The number of benzene rings is 1. The minimum Gasteiger partial charge on any atom is -0.370 e. The van der Waals surface area contributed by atoms with Gasteiger partial charge in [-0.1, -0.05) is 22.0 Å². The van der Waals surface area contributed by atoms with Crippen LogP contribution in [0.2, 0.25) is 0 Å². The van der Waals surface area contributed by atoms with E-state index in [1.807, 2.05) is 30.5 Å². The Kier molecular flexibility index (Phi) is 5.59. The molecule has 2 nitrogen and oxygen atoms in total. The molecule has 15 heavy (non-hydrogen) atoms. The van der Waals surface area contributed by atoms with Crippen molar-refractivity contribution in [3.8, 4) is 6.07 Å². The molecule has 1 unspecified atom stereocenters. The van der Waals surface area contributed by atoms with Crippen molar-refractivity contribution < 1.29 is 0 Å². The summed E-state index contributed by atoms with van der Waals surface area (Å²) in [6, 6.07) is 10.0. The minimum atomic E-state index is -0.105. The molecule has 1 N–H and O–H groups in total. The van der Waals surface area contributed by atoms with Crippen LogP contribution in [0.1, 0.15) is 6.42 Å². The van der Waals surface area contributed by atoms with Gasteiger partial charge in [0.15, 0.2) is 0 Å². The van der Waals surface area contributed by atoms with E-state index >= 15 is 0 Å². The topological polar surface area (TPSA) is 35.8 Å². The molecule has 0 fully saturated rings. The summed E-state index contributed by atoms with van der Waals surface area (Å²) in [5, 5.41) is 12.1. The molecule has 0 radical (unpaired) electrons. The van der Waals surface area contributed by atoms with Crippen LogP contribution in [-0.2, 0) is 0 Å². The van der Waals surface area contributed by atoms with Gasteiger partial charge in [-0.25, -0.2) is 0 Å². The second kappa shape index (κ2) is 6.76. The van der Waals surface area contributed by atoms with Gasteiger partial charge in [-0.3, -0.25) is 0 Å². The molecule has 0 aliphatic carbocycles. The van der Waals surface area contributed by atoms with Gasteiger partial charge in [0.1, 0.15) is 6.04 Å². The summed E-state index contributed by atoms with van der Waals surface area (Å²) in [5.74, 6) is 0.999. The summed E-state index contributed by atoms with van der Waals surface area (Å²) < 4.78 is 1.02. The van der Waals surface area contributed by atoms with Crippen LogP contribution < -0.4 is 5.32 Å². The van der Waals surface area contributed by atoms with Gasteiger partial charge in [0.2, 0.25) is 0 Å². The van der Waals surface area contributed by atoms with Gasteiger partial charge in [0.25, 0.3) is 0 Å². The van der Waals surface area contributed by atoms with Crippen LogP contribution in [0.4, 0.5) is 5.69 Å². The summed E-state index contributed by atoms with van der Waals surface area (Å²) in [6.07, 6.45) is 2.91. The molecule has 1 aromatic carbocycles. The lowest BCUT2D eigenvalue weighted by Crippen LogP contribution is -2.17. The number of halogens is 1. The zero-order chi connectivity index (χ0) is 11.1. The predicted molar refractivity (Wildman–Crippen MR) is 70.2 cm³/mol. The lowest BCUT2D eigenvalue weighted by Gasteiger charge is -2.12. The van der Waals surface area contributed by atoms with Crippen LogP contribution in [0.3, 0.4) is 0 Å². The average molecular weight is 285 g/mol. The molecule has 0 spiro atoms.